The van der Waals surface area contributed by atoms with Crippen LogP contribution in [0.4, 0.5) is 0 Å². The van der Waals surface area contributed by atoms with E-state index in [0.717, 1.165) is 29.6 Å². The highest BCUT2D eigenvalue weighted by Crippen LogP contribution is 2.58. The predicted molar refractivity (Wildman–Crippen MR) is 72.6 cm³/mol. The molecular weight excluding hydrogens is 206 g/mol. The molecule has 4 aliphatic carbocycles. The molecule has 1 nitrogen and oxygen atoms in total. The summed E-state index contributed by atoms with van der Waals surface area (Å²) in [6.07, 6.45) is 8.79. The Kier molecular flexibility index (Phi) is 2.81. The highest BCUT2D eigenvalue weighted by atomic mass is 14.7. The topological polar surface area (TPSA) is 26.0 Å². The SMILES string of the molecule is CCC(C)(C)C(N)C1C2CC3CC(C2)CC1C3. The molecule has 1 heteroatoms. The van der Waals surface area contributed by atoms with Gasteiger partial charge in [0.25, 0.3) is 0 Å². The van der Waals surface area contributed by atoms with Crippen molar-refractivity contribution in [3.8, 4) is 0 Å². The summed E-state index contributed by atoms with van der Waals surface area (Å²) in [6, 6.07) is 0.433. The maximum atomic E-state index is 6.69. The average Bonchev–Trinajstić information content (AvgIpc) is 2.27. The largest absolute Gasteiger partial charge is 0.327 e. The first-order valence-corrected chi connectivity index (χ1v) is 7.77. The van der Waals surface area contributed by atoms with Crippen LogP contribution in [0.2, 0.25) is 0 Å². The third kappa shape index (κ3) is 1.85. The van der Waals surface area contributed by atoms with Crippen LogP contribution >= 0.6 is 0 Å². The maximum Gasteiger partial charge on any atom is 0.0124 e. The summed E-state index contributed by atoms with van der Waals surface area (Å²) in [7, 11) is 0. The van der Waals surface area contributed by atoms with Gasteiger partial charge in [0.15, 0.2) is 0 Å². The van der Waals surface area contributed by atoms with Crippen LogP contribution in [0.25, 0.3) is 0 Å². The summed E-state index contributed by atoms with van der Waals surface area (Å²) >= 11 is 0. The lowest BCUT2D eigenvalue weighted by atomic mass is 9.49. The quantitative estimate of drug-likeness (QED) is 0.790. The molecule has 17 heavy (non-hydrogen) atoms. The molecule has 0 aliphatic heterocycles. The van der Waals surface area contributed by atoms with Gasteiger partial charge >= 0.3 is 0 Å². The highest BCUT2D eigenvalue weighted by molar-refractivity contribution is 5.03. The Morgan fingerprint density at radius 3 is 1.88 bits per heavy atom. The maximum absolute atomic E-state index is 6.69. The molecule has 0 amide bonds. The van der Waals surface area contributed by atoms with Gasteiger partial charge in [0.1, 0.15) is 0 Å². The van der Waals surface area contributed by atoms with Crippen molar-refractivity contribution in [3.63, 3.8) is 0 Å². The summed E-state index contributed by atoms with van der Waals surface area (Å²) in [5, 5.41) is 0. The fourth-order valence-corrected chi connectivity index (χ4v) is 5.31. The third-order valence-corrected chi connectivity index (χ3v) is 6.53. The van der Waals surface area contributed by atoms with Crippen molar-refractivity contribution in [1.82, 2.24) is 0 Å². The third-order valence-electron chi connectivity index (χ3n) is 6.53. The van der Waals surface area contributed by atoms with Crippen molar-refractivity contribution in [2.45, 2.75) is 65.3 Å². The van der Waals surface area contributed by atoms with Gasteiger partial charge in [-0.25, -0.2) is 0 Å². The second kappa shape index (κ2) is 3.98. The molecule has 4 fully saturated rings. The lowest BCUT2D eigenvalue weighted by Crippen LogP contribution is -2.55. The standard InChI is InChI=1S/C16H29N/c1-4-16(2,3)15(17)14-12-6-10-5-11(8-12)9-13(14)7-10/h10-15H,4-9,17H2,1-3H3. The summed E-state index contributed by atoms with van der Waals surface area (Å²) in [5.74, 6) is 4.95. The molecule has 0 spiro atoms. The van der Waals surface area contributed by atoms with Crippen molar-refractivity contribution in [2.24, 2.45) is 40.7 Å². The number of nitrogens with two attached hydrogens (primary N) is 1. The zero-order chi connectivity index (χ0) is 12.2. The van der Waals surface area contributed by atoms with Gasteiger partial charge in [-0.3, -0.25) is 0 Å². The predicted octanol–water partition coefficient (Wildman–Crippen LogP) is 3.82. The van der Waals surface area contributed by atoms with Crippen molar-refractivity contribution >= 4 is 0 Å². The fourth-order valence-electron chi connectivity index (χ4n) is 5.31. The second-order valence-electron chi connectivity index (χ2n) is 7.88. The Hall–Kier alpha value is -0.0400. The smallest absolute Gasteiger partial charge is 0.0124 e. The molecule has 0 aromatic heterocycles. The summed E-state index contributed by atoms with van der Waals surface area (Å²) in [6.45, 7) is 7.06. The van der Waals surface area contributed by atoms with Gasteiger partial charge in [-0.05, 0) is 73.5 Å². The van der Waals surface area contributed by atoms with E-state index in [9.17, 15) is 0 Å². The second-order valence-corrected chi connectivity index (χ2v) is 7.88. The minimum atomic E-state index is 0.333. The van der Waals surface area contributed by atoms with Crippen LogP contribution in [0.1, 0.15) is 59.3 Å². The molecule has 98 valence electrons. The van der Waals surface area contributed by atoms with E-state index in [1.165, 1.54) is 32.1 Å². The first-order valence-electron chi connectivity index (χ1n) is 7.77. The summed E-state index contributed by atoms with van der Waals surface area (Å²) < 4.78 is 0. The molecule has 4 bridgehead atoms. The van der Waals surface area contributed by atoms with Crippen LogP contribution < -0.4 is 5.73 Å². The Labute approximate surface area is 107 Å². The number of rotatable bonds is 3. The molecule has 0 saturated heterocycles. The molecule has 0 aromatic carbocycles. The Bertz CT molecular complexity index is 266. The van der Waals surface area contributed by atoms with Crippen LogP contribution in [0.5, 0.6) is 0 Å². The first-order chi connectivity index (χ1) is 8.01. The molecule has 0 aromatic rings. The van der Waals surface area contributed by atoms with Crippen LogP contribution in [0.3, 0.4) is 0 Å². The molecule has 1 unspecified atom stereocenters. The molecule has 4 aliphatic rings. The normalized spacial score (nSPS) is 46.2. The minimum Gasteiger partial charge on any atom is -0.327 e. The van der Waals surface area contributed by atoms with E-state index in [4.69, 9.17) is 5.73 Å². The number of hydrogen-bond donors (Lipinski definition) is 1. The van der Waals surface area contributed by atoms with Gasteiger partial charge < -0.3 is 5.73 Å². The lowest BCUT2D eigenvalue weighted by molar-refractivity contribution is -0.0634. The van der Waals surface area contributed by atoms with Crippen LogP contribution in [0.15, 0.2) is 0 Å². The summed E-state index contributed by atoms with van der Waals surface area (Å²) in [5.41, 5.74) is 7.02. The molecular formula is C16H29N. The zero-order valence-electron chi connectivity index (χ0n) is 11.8. The fraction of sp³-hybridized carbons (Fsp3) is 1.00. The molecule has 0 radical (unpaired) electrons. The Morgan fingerprint density at radius 1 is 1.00 bits per heavy atom. The monoisotopic (exact) mass is 235 g/mol. The van der Waals surface area contributed by atoms with Crippen molar-refractivity contribution in [1.29, 1.82) is 0 Å². The first kappa shape index (κ1) is 12.0. The van der Waals surface area contributed by atoms with Gasteiger partial charge in [0.05, 0.1) is 0 Å². The molecule has 1 atom stereocenters. The van der Waals surface area contributed by atoms with Gasteiger partial charge in [-0.1, -0.05) is 20.8 Å². The van der Waals surface area contributed by atoms with Gasteiger partial charge in [-0.15, -0.1) is 0 Å². The van der Waals surface area contributed by atoms with E-state index < -0.39 is 0 Å². The molecule has 2 N–H and O–H groups in total. The molecule has 4 rings (SSSR count). The van der Waals surface area contributed by atoms with Crippen molar-refractivity contribution in [3.05, 3.63) is 0 Å². The van der Waals surface area contributed by atoms with Crippen LogP contribution in [-0.2, 0) is 0 Å². The van der Waals surface area contributed by atoms with E-state index >= 15 is 0 Å². The lowest BCUT2D eigenvalue weighted by Gasteiger charge is -2.58. The number of hydrogen-bond acceptors (Lipinski definition) is 1. The van der Waals surface area contributed by atoms with Crippen LogP contribution in [-0.4, -0.2) is 6.04 Å². The van der Waals surface area contributed by atoms with Gasteiger partial charge in [0, 0.05) is 6.04 Å². The van der Waals surface area contributed by atoms with Crippen molar-refractivity contribution in [2.75, 3.05) is 0 Å². The summed E-state index contributed by atoms with van der Waals surface area (Å²) in [4.78, 5) is 0. The Balaban J connectivity index is 1.80. The van der Waals surface area contributed by atoms with E-state index in [1.807, 2.05) is 0 Å². The molecule has 0 heterocycles. The van der Waals surface area contributed by atoms with Crippen molar-refractivity contribution < 1.29 is 0 Å². The van der Waals surface area contributed by atoms with E-state index in [1.54, 1.807) is 6.42 Å². The van der Waals surface area contributed by atoms with E-state index in [-0.39, 0.29) is 0 Å². The van der Waals surface area contributed by atoms with E-state index in [0.29, 0.717) is 11.5 Å². The zero-order valence-corrected chi connectivity index (χ0v) is 11.8. The van der Waals surface area contributed by atoms with E-state index in [2.05, 4.69) is 20.8 Å². The Morgan fingerprint density at radius 2 is 1.47 bits per heavy atom. The van der Waals surface area contributed by atoms with Crippen LogP contribution in [0, 0.1) is 35.0 Å². The highest BCUT2D eigenvalue weighted by Gasteiger charge is 2.51. The average molecular weight is 235 g/mol. The molecule has 4 saturated carbocycles. The van der Waals surface area contributed by atoms with Gasteiger partial charge in [-0.2, -0.15) is 0 Å². The van der Waals surface area contributed by atoms with Gasteiger partial charge in [0.2, 0.25) is 0 Å². The minimum absolute atomic E-state index is 0.333.